The third-order valence-corrected chi connectivity index (χ3v) is 5.81. The predicted octanol–water partition coefficient (Wildman–Crippen LogP) is 3.85. The molecule has 33 heavy (non-hydrogen) atoms. The van der Waals surface area contributed by atoms with Crippen molar-refractivity contribution < 1.29 is 18.0 Å². The number of hydrogen-bond donors (Lipinski definition) is 1. The van der Waals surface area contributed by atoms with Crippen LogP contribution in [0.5, 0.6) is 0 Å². The molecule has 170 valence electrons. The van der Waals surface area contributed by atoms with E-state index in [-0.39, 0.29) is 17.5 Å². The van der Waals surface area contributed by atoms with E-state index in [0.29, 0.717) is 42.0 Å². The van der Waals surface area contributed by atoms with Crippen LogP contribution in [0.1, 0.15) is 24.4 Å². The fraction of sp³-hybridized carbons (Fsp3) is 0.318. The second-order valence-corrected chi connectivity index (χ2v) is 8.06. The number of halogens is 3. The maximum Gasteiger partial charge on any atom is 0.453 e. The Balaban J connectivity index is 1.29. The van der Waals surface area contributed by atoms with Gasteiger partial charge in [-0.2, -0.15) is 17.7 Å². The SMILES string of the molecule is Cc1ccc2cccc(NC(=O)C3CCN(c4ccc5nnc(C(F)(F)F)n5n4)CC3)c2n1. The average molecular weight is 455 g/mol. The number of carbonyl (C=O) groups excluding carboxylic acids is 1. The third kappa shape index (κ3) is 4.06. The van der Waals surface area contributed by atoms with Crippen LogP contribution in [0.2, 0.25) is 0 Å². The van der Waals surface area contributed by atoms with Gasteiger partial charge in [-0.3, -0.25) is 9.78 Å². The summed E-state index contributed by atoms with van der Waals surface area (Å²) >= 11 is 0. The maximum absolute atomic E-state index is 13.1. The molecule has 0 bridgehead atoms. The molecule has 11 heteroatoms. The zero-order valence-corrected chi connectivity index (χ0v) is 17.7. The highest BCUT2D eigenvalue weighted by Crippen LogP contribution is 2.29. The molecule has 8 nitrogen and oxygen atoms in total. The van der Waals surface area contributed by atoms with Crippen LogP contribution in [0, 0.1) is 12.8 Å². The van der Waals surface area contributed by atoms with Gasteiger partial charge < -0.3 is 10.2 Å². The number of alkyl halides is 3. The minimum Gasteiger partial charge on any atom is -0.355 e. The number of aromatic nitrogens is 5. The summed E-state index contributed by atoms with van der Waals surface area (Å²) in [6, 6.07) is 12.6. The number of carbonyl (C=O) groups is 1. The van der Waals surface area contributed by atoms with Crippen molar-refractivity contribution >= 4 is 34.0 Å². The van der Waals surface area contributed by atoms with Crippen molar-refractivity contribution in [1.82, 2.24) is 24.8 Å². The van der Waals surface area contributed by atoms with Crippen LogP contribution < -0.4 is 10.2 Å². The summed E-state index contributed by atoms with van der Waals surface area (Å²) in [5.74, 6) is -1.08. The van der Waals surface area contributed by atoms with Gasteiger partial charge in [0.15, 0.2) is 5.65 Å². The molecule has 0 unspecified atom stereocenters. The average Bonchev–Trinajstić information content (AvgIpc) is 3.23. The molecular weight excluding hydrogens is 435 g/mol. The van der Waals surface area contributed by atoms with Crippen LogP contribution in [0.3, 0.4) is 0 Å². The highest BCUT2D eigenvalue weighted by Gasteiger charge is 2.38. The van der Waals surface area contributed by atoms with Crippen molar-refractivity contribution in [2.45, 2.75) is 25.9 Å². The van der Waals surface area contributed by atoms with E-state index in [1.807, 2.05) is 42.2 Å². The number of amides is 1. The molecule has 0 radical (unpaired) electrons. The van der Waals surface area contributed by atoms with E-state index < -0.39 is 12.0 Å². The van der Waals surface area contributed by atoms with Gasteiger partial charge in [0.05, 0.1) is 11.2 Å². The summed E-state index contributed by atoms with van der Waals surface area (Å²) in [5.41, 5.74) is 2.31. The Morgan fingerprint density at radius 3 is 2.61 bits per heavy atom. The predicted molar refractivity (Wildman–Crippen MR) is 116 cm³/mol. The van der Waals surface area contributed by atoms with Gasteiger partial charge >= 0.3 is 6.18 Å². The van der Waals surface area contributed by atoms with E-state index in [1.165, 1.54) is 6.07 Å². The van der Waals surface area contributed by atoms with Crippen molar-refractivity contribution in [2.24, 2.45) is 5.92 Å². The highest BCUT2D eigenvalue weighted by molar-refractivity contribution is 6.01. The summed E-state index contributed by atoms with van der Waals surface area (Å²) in [5, 5.41) is 14.8. The van der Waals surface area contributed by atoms with E-state index in [0.717, 1.165) is 16.6 Å². The highest BCUT2D eigenvalue weighted by atomic mass is 19.4. The van der Waals surface area contributed by atoms with Gasteiger partial charge in [0.1, 0.15) is 5.82 Å². The van der Waals surface area contributed by atoms with E-state index in [9.17, 15) is 18.0 Å². The quantitative estimate of drug-likeness (QED) is 0.505. The topological polar surface area (TPSA) is 88.3 Å². The number of pyridine rings is 1. The summed E-state index contributed by atoms with van der Waals surface area (Å²) in [6.45, 7) is 2.89. The van der Waals surface area contributed by atoms with Crippen LogP contribution in [0.25, 0.3) is 16.6 Å². The largest absolute Gasteiger partial charge is 0.453 e. The molecule has 1 saturated heterocycles. The Labute approximate surface area is 186 Å². The fourth-order valence-electron chi connectivity index (χ4n) is 4.08. The number of anilines is 2. The van der Waals surface area contributed by atoms with Crippen molar-refractivity contribution in [1.29, 1.82) is 0 Å². The first-order chi connectivity index (χ1) is 15.8. The van der Waals surface area contributed by atoms with E-state index in [2.05, 4.69) is 25.6 Å². The molecule has 1 N–H and O–H groups in total. The number of piperidine rings is 1. The molecule has 1 aromatic carbocycles. The van der Waals surface area contributed by atoms with Crippen molar-refractivity contribution in [3.63, 3.8) is 0 Å². The van der Waals surface area contributed by atoms with Crippen LogP contribution >= 0.6 is 0 Å². The van der Waals surface area contributed by atoms with Crippen LogP contribution in [-0.4, -0.2) is 43.8 Å². The lowest BCUT2D eigenvalue weighted by molar-refractivity contribution is -0.146. The van der Waals surface area contributed by atoms with Crippen LogP contribution in [-0.2, 0) is 11.0 Å². The molecule has 5 rings (SSSR count). The van der Waals surface area contributed by atoms with Crippen molar-refractivity contribution in [3.8, 4) is 0 Å². The number of fused-ring (bicyclic) bond motifs is 2. The first-order valence-electron chi connectivity index (χ1n) is 10.5. The molecule has 1 aliphatic rings. The minimum atomic E-state index is -4.65. The molecule has 1 fully saturated rings. The Morgan fingerprint density at radius 2 is 1.85 bits per heavy atom. The number of benzene rings is 1. The van der Waals surface area contributed by atoms with Gasteiger partial charge in [0, 0.05) is 30.1 Å². The number of nitrogens with one attached hydrogen (secondary N) is 1. The molecule has 1 amide bonds. The molecule has 3 aromatic heterocycles. The summed E-state index contributed by atoms with van der Waals surface area (Å²) in [6.07, 6.45) is -3.54. The number of aryl methyl sites for hydroxylation is 1. The molecule has 0 saturated carbocycles. The maximum atomic E-state index is 13.1. The lowest BCUT2D eigenvalue weighted by Crippen LogP contribution is -2.38. The number of para-hydroxylation sites is 1. The number of rotatable bonds is 3. The number of hydrogen-bond acceptors (Lipinski definition) is 6. The van der Waals surface area contributed by atoms with Gasteiger partial charge in [0.2, 0.25) is 5.91 Å². The summed E-state index contributed by atoms with van der Waals surface area (Å²) < 4.78 is 40.1. The van der Waals surface area contributed by atoms with Crippen molar-refractivity contribution in [3.05, 3.63) is 54.0 Å². The summed E-state index contributed by atoms with van der Waals surface area (Å²) in [4.78, 5) is 19.3. The van der Waals surface area contributed by atoms with Gasteiger partial charge in [-0.1, -0.05) is 18.2 Å². The monoisotopic (exact) mass is 455 g/mol. The minimum absolute atomic E-state index is 0.0271. The summed E-state index contributed by atoms with van der Waals surface area (Å²) in [7, 11) is 0. The zero-order valence-electron chi connectivity index (χ0n) is 17.7. The van der Waals surface area contributed by atoms with Gasteiger partial charge in [-0.15, -0.1) is 15.3 Å². The standard InChI is InChI=1S/C22H20F3N7O/c1-13-5-6-14-3-2-4-16(19(14)26-13)27-20(33)15-9-11-31(12-10-15)18-8-7-17-28-29-21(22(23,24)25)32(17)30-18/h2-8,15H,9-12H2,1H3,(H,27,33). The molecule has 0 atom stereocenters. The van der Waals surface area contributed by atoms with Crippen LogP contribution in [0.4, 0.5) is 24.7 Å². The first-order valence-corrected chi connectivity index (χ1v) is 10.5. The normalized spacial score (nSPS) is 15.3. The first kappa shape index (κ1) is 21.1. The van der Waals surface area contributed by atoms with Crippen molar-refractivity contribution in [2.75, 3.05) is 23.3 Å². The lowest BCUT2D eigenvalue weighted by atomic mass is 9.95. The second kappa shape index (κ2) is 7.98. The fourth-order valence-corrected chi connectivity index (χ4v) is 4.08. The third-order valence-electron chi connectivity index (χ3n) is 5.81. The Hall–Kier alpha value is -3.76. The molecule has 1 aliphatic heterocycles. The Kier molecular flexibility index (Phi) is 5.10. The van der Waals surface area contributed by atoms with E-state index >= 15 is 0 Å². The number of nitrogens with zero attached hydrogens (tertiary/aromatic N) is 6. The van der Waals surface area contributed by atoms with Crippen LogP contribution in [0.15, 0.2) is 42.5 Å². The zero-order chi connectivity index (χ0) is 23.2. The molecule has 0 aliphatic carbocycles. The second-order valence-electron chi connectivity index (χ2n) is 8.06. The molecule has 4 heterocycles. The lowest BCUT2D eigenvalue weighted by Gasteiger charge is -2.32. The molecule has 4 aromatic rings. The van der Waals surface area contributed by atoms with Gasteiger partial charge in [-0.05, 0) is 44.0 Å². The molecular formula is C22H20F3N7O. The Bertz CT molecular complexity index is 1340. The van der Waals surface area contributed by atoms with Gasteiger partial charge in [0.25, 0.3) is 5.82 Å². The van der Waals surface area contributed by atoms with E-state index in [4.69, 9.17) is 0 Å². The Morgan fingerprint density at radius 1 is 1.06 bits per heavy atom. The van der Waals surface area contributed by atoms with E-state index in [1.54, 1.807) is 6.07 Å². The smallest absolute Gasteiger partial charge is 0.355 e. The van der Waals surface area contributed by atoms with Gasteiger partial charge in [-0.25, -0.2) is 0 Å². The molecule has 0 spiro atoms.